The van der Waals surface area contributed by atoms with Gasteiger partial charge in [-0.25, -0.2) is 0 Å². The molecule has 0 amide bonds. The Hall–Kier alpha value is -3.26. The predicted octanol–water partition coefficient (Wildman–Crippen LogP) is 7.46. The lowest BCUT2D eigenvalue weighted by atomic mass is 10.2. The van der Waals surface area contributed by atoms with Gasteiger partial charge in [-0.05, 0) is 73.0 Å². The van der Waals surface area contributed by atoms with Crippen molar-refractivity contribution in [2.24, 2.45) is 0 Å². The molecule has 4 aromatic rings. The molecule has 0 heterocycles. The molecule has 0 saturated heterocycles. The molecule has 214 valence electrons. The van der Waals surface area contributed by atoms with Gasteiger partial charge in [0.15, 0.2) is 18.9 Å². The average molecular weight is 665 g/mol. The van der Waals surface area contributed by atoms with Crippen LogP contribution in [-0.4, -0.2) is 32.0 Å². The number of hydrogen-bond acceptors (Lipinski definition) is 6. The molecule has 0 spiro atoms. The summed E-state index contributed by atoms with van der Waals surface area (Å²) < 4.78 is 7.49. The Bertz CT molecular complexity index is 1270. The van der Waals surface area contributed by atoms with Crippen LogP contribution in [-0.2, 0) is 0 Å². The molecule has 0 aliphatic heterocycles. The number of rotatable bonds is 7. The Labute approximate surface area is 276 Å². The van der Waals surface area contributed by atoms with E-state index in [1.165, 1.54) is 23.9 Å². The van der Waals surface area contributed by atoms with Crippen molar-refractivity contribution in [1.82, 2.24) is 20.1 Å². The summed E-state index contributed by atoms with van der Waals surface area (Å²) in [6.07, 6.45) is 0. The molecule has 0 unspecified atom stereocenters. The van der Waals surface area contributed by atoms with Gasteiger partial charge in [-0.2, -0.15) is 0 Å². The summed E-state index contributed by atoms with van der Waals surface area (Å²) in [5.41, 5.74) is 3.89. The maximum atomic E-state index is 5.74. The fourth-order valence-corrected chi connectivity index (χ4v) is 5.96. The predicted molar refractivity (Wildman–Crippen MR) is 198 cm³/mol. The summed E-state index contributed by atoms with van der Waals surface area (Å²) in [5, 5.41) is 7.28. The first-order valence-electron chi connectivity index (χ1n) is 12.8. The lowest BCUT2D eigenvalue weighted by Gasteiger charge is -2.25. The van der Waals surface area contributed by atoms with E-state index in [1.54, 1.807) is 0 Å². The molecule has 0 aromatic heterocycles. The topological polar surface area (TPSA) is 54.6 Å². The molecule has 4 rings (SSSR count). The van der Waals surface area contributed by atoms with Crippen LogP contribution in [0.5, 0.6) is 0 Å². The third-order valence-electron chi connectivity index (χ3n) is 5.58. The number of benzene rings is 4. The summed E-state index contributed by atoms with van der Waals surface area (Å²) in [6.45, 7) is 1.11. The van der Waals surface area contributed by atoms with Crippen LogP contribution in [0.1, 0.15) is 0 Å². The fourth-order valence-electron chi connectivity index (χ4n) is 3.72. The second kappa shape index (κ2) is 17.0. The highest BCUT2D eigenvalue weighted by Gasteiger charge is 2.17. The minimum absolute atomic E-state index is 0.473. The Balaban J connectivity index is 1.19. The molecule has 4 N–H and O–H groups in total. The molecule has 6 nitrogen and oxygen atoms in total. The van der Waals surface area contributed by atoms with Crippen molar-refractivity contribution >= 4 is 114 Å². The third-order valence-corrected chi connectivity index (χ3v) is 8.52. The van der Waals surface area contributed by atoms with Crippen LogP contribution in [0.2, 0.25) is 0 Å². The molecule has 0 radical (unpaired) electrons. The van der Waals surface area contributed by atoms with Crippen LogP contribution in [0.4, 0.5) is 22.7 Å². The lowest BCUT2D eigenvalue weighted by molar-refractivity contribution is 0.810. The van der Waals surface area contributed by atoms with E-state index < -0.39 is 0 Å². The van der Waals surface area contributed by atoms with Crippen LogP contribution in [0.15, 0.2) is 121 Å². The molecule has 42 heavy (non-hydrogen) atoms. The van der Waals surface area contributed by atoms with Crippen molar-refractivity contribution in [3.05, 3.63) is 121 Å². The number of nitrogens with zero attached hydrogens (tertiary/aromatic N) is 2. The minimum atomic E-state index is 0.473. The van der Waals surface area contributed by atoms with E-state index in [9.17, 15) is 0 Å². The molecule has 0 fully saturated rings. The highest BCUT2D eigenvalue weighted by Crippen LogP contribution is 2.29. The third kappa shape index (κ3) is 9.65. The highest BCUT2D eigenvalue weighted by molar-refractivity contribution is 8.23. The Kier molecular flexibility index (Phi) is 12.8. The fraction of sp³-hybridized carbons (Fsp3) is 0.0667. The smallest absolute Gasteiger partial charge is 0.176 e. The van der Waals surface area contributed by atoms with Gasteiger partial charge in [0.05, 0.1) is 0 Å². The maximum absolute atomic E-state index is 5.74. The minimum Gasteiger partial charge on any atom is -0.360 e. The van der Waals surface area contributed by atoms with Crippen LogP contribution < -0.4 is 29.9 Å². The highest BCUT2D eigenvalue weighted by atomic mass is 32.2. The monoisotopic (exact) mass is 664 g/mol. The molecule has 0 aliphatic carbocycles. The van der Waals surface area contributed by atoms with E-state index in [-0.39, 0.29) is 0 Å². The van der Waals surface area contributed by atoms with Gasteiger partial charge in [0, 0.05) is 59.7 Å². The molecule has 0 atom stereocenters. The first-order valence-corrected chi connectivity index (χ1v) is 16.1. The Morgan fingerprint density at radius 2 is 0.714 bits per heavy atom. The second-order valence-electron chi connectivity index (χ2n) is 8.46. The number of nitrogens with one attached hydrogen (secondary N) is 4. The molecule has 4 aromatic carbocycles. The average Bonchev–Trinajstić information content (AvgIpc) is 3.03. The van der Waals surface area contributed by atoms with Crippen molar-refractivity contribution < 1.29 is 0 Å². The van der Waals surface area contributed by atoms with E-state index in [1.807, 2.05) is 131 Å². The second-order valence-corrected chi connectivity index (χ2v) is 12.2. The van der Waals surface area contributed by atoms with Crippen molar-refractivity contribution in [2.45, 2.75) is 0 Å². The van der Waals surface area contributed by atoms with Crippen molar-refractivity contribution in [3.63, 3.8) is 0 Å². The van der Waals surface area contributed by atoms with Crippen molar-refractivity contribution in [3.8, 4) is 0 Å². The number of hydrogen-bond donors (Lipinski definition) is 4. The van der Waals surface area contributed by atoms with Gasteiger partial charge in [-0.1, -0.05) is 97.2 Å². The van der Waals surface area contributed by atoms with Gasteiger partial charge in [0.25, 0.3) is 0 Å². The SMILES string of the molecule is S=C(NCCNC(=S)NSC(=S)N(c1ccccc1)c1ccccc1)NSC(=S)N(c1ccccc1)c1ccccc1. The van der Waals surface area contributed by atoms with Crippen molar-refractivity contribution in [1.29, 1.82) is 0 Å². The zero-order valence-electron chi connectivity index (χ0n) is 22.3. The molecule has 12 heteroatoms. The molecule has 0 aliphatic rings. The van der Waals surface area contributed by atoms with E-state index in [2.05, 4.69) is 20.1 Å². The summed E-state index contributed by atoms with van der Waals surface area (Å²) in [7, 11) is 0. The van der Waals surface area contributed by atoms with E-state index in [0.717, 1.165) is 22.7 Å². The summed E-state index contributed by atoms with van der Waals surface area (Å²) in [5.74, 6) is 0. The number of thiocarbonyl (C=S) groups is 4. The normalized spacial score (nSPS) is 10.2. The molecular weight excluding hydrogens is 637 g/mol. The first kappa shape index (κ1) is 31.7. The maximum Gasteiger partial charge on any atom is 0.176 e. The molecular formula is C30H28N6S6. The zero-order chi connectivity index (χ0) is 29.6. The van der Waals surface area contributed by atoms with Crippen LogP contribution in [0.25, 0.3) is 0 Å². The van der Waals surface area contributed by atoms with Gasteiger partial charge in [-0.15, -0.1) is 0 Å². The van der Waals surface area contributed by atoms with Crippen LogP contribution in [0, 0.1) is 0 Å². The molecule has 0 bridgehead atoms. The van der Waals surface area contributed by atoms with Gasteiger partial charge >= 0.3 is 0 Å². The quantitative estimate of drug-likeness (QED) is 0.0902. The largest absolute Gasteiger partial charge is 0.360 e. The Morgan fingerprint density at radius 1 is 0.452 bits per heavy atom. The van der Waals surface area contributed by atoms with E-state index in [0.29, 0.717) is 32.0 Å². The lowest BCUT2D eigenvalue weighted by Crippen LogP contribution is -2.41. The summed E-state index contributed by atoms with van der Waals surface area (Å²) in [6, 6.07) is 39.9. The summed E-state index contributed by atoms with van der Waals surface area (Å²) >= 11 is 25.0. The van der Waals surface area contributed by atoms with Gasteiger partial charge < -0.3 is 20.1 Å². The van der Waals surface area contributed by atoms with Gasteiger partial charge in [-0.3, -0.25) is 9.80 Å². The number of anilines is 4. The summed E-state index contributed by atoms with van der Waals surface area (Å²) in [4.78, 5) is 4.00. The first-order chi connectivity index (χ1) is 20.5. The van der Waals surface area contributed by atoms with E-state index >= 15 is 0 Å². The van der Waals surface area contributed by atoms with Gasteiger partial charge in [0.1, 0.15) is 0 Å². The standard InChI is InChI=1S/C30H28N6S6/c37-27(33-41-29(39)35(23-13-5-1-6-14-23)24-15-7-2-8-16-24)31-21-22-32-28(38)34-42-30(40)36(25-17-9-3-10-18-25)26-19-11-4-12-20-26/h1-20H,21-22H2,(H2,31,33,37)(H2,32,34,38). The zero-order valence-corrected chi connectivity index (χ0v) is 27.2. The van der Waals surface area contributed by atoms with Crippen LogP contribution in [0.3, 0.4) is 0 Å². The number of para-hydroxylation sites is 4. The van der Waals surface area contributed by atoms with E-state index in [4.69, 9.17) is 48.9 Å². The molecule has 0 saturated carbocycles. The Morgan fingerprint density at radius 3 is 0.976 bits per heavy atom. The van der Waals surface area contributed by atoms with Crippen LogP contribution >= 0.6 is 72.8 Å². The van der Waals surface area contributed by atoms with Crippen molar-refractivity contribution in [2.75, 3.05) is 22.9 Å². The van der Waals surface area contributed by atoms with Gasteiger partial charge in [0.2, 0.25) is 0 Å².